The summed E-state index contributed by atoms with van der Waals surface area (Å²) in [4.78, 5) is 39.7. The van der Waals surface area contributed by atoms with Gasteiger partial charge in [-0.25, -0.2) is 14.4 Å². The number of piperidine rings is 1. The normalized spacial score (nSPS) is 16.2. The Morgan fingerprint density at radius 1 is 1.16 bits per heavy atom. The van der Waals surface area contributed by atoms with E-state index in [-0.39, 0.29) is 23.7 Å². The molecule has 1 fully saturated rings. The summed E-state index contributed by atoms with van der Waals surface area (Å²) in [5, 5.41) is 0. The number of aromatic nitrogens is 2. The van der Waals surface area contributed by atoms with Crippen LogP contribution in [0.15, 0.2) is 30.5 Å². The molecule has 3 rings (SSSR count). The molecule has 0 radical (unpaired) electrons. The highest BCUT2D eigenvalue weighted by molar-refractivity contribution is 5.94. The number of carbonyl (C=O) groups excluding carboxylic acids is 2. The summed E-state index contributed by atoms with van der Waals surface area (Å²) in [6, 6.07) is 6.06. The van der Waals surface area contributed by atoms with Crippen molar-refractivity contribution < 1.29 is 14.0 Å². The first-order valence-electron chi connectivity index (χ1n) is 10.6. The van der Waals surface area contributed by atoms with Gasteiger partial charge in [0.05, 0.1) is 17.3 Å². The fraction of sp³-hybridized carbons (Fsp3) is 0.478. The summed E-state index contributed by atoms with van der Waals surface area (Å²) in [7, 11) is 5.28. The Morgan fingerprint density at radius 2 is 1.87 bits per heavy atom. The lowest BCUT2D eigenvalue weighted by Gasteiger charge is -2.35. The Kier molecular flexibility index (Phi) is 7.20. The van der Waals surface area contributed by atoms with Crippen LogP contribution in [0.1, 0.15) is 53.6 Å². The van der Waals surface area contributed by atoms with Crippen LogP contribution >= 0.6 is 0 Å². The summed E-state index contributed by atoms with van der Waals surface area (Å²) in [6.45, 7) is 3.00. The number of aryl methyl sites for hydroxylation is 1. The summed E-state index contributed by atoms with van der Waals surface area (Å²) < 4.78 is 13.1. The van der Waals surface area contributed by atoms with E-state index in [1.54, 1.807) is 39.3 Å². The minimum Gasteiger partial charge on any atom is -0.374 e. The Balaban J connectivity index is 1.70. The Morgan fingerprint density at radius 3 is 2.52 bits per heavy atom. The lowest BCUT2D eigenvalue weighted by Crippen LogP contribution is -2.40. The van der Waals surface area contributed by atoms with E-state index in [9.17, 15) is 14.0 Å². The first-order chi connectivity index (χ1) is 14.8. The zero-order valence-electron chi connectivity index (χ0n) is 18.6. The molecule has 7 nitrogen and oxygen atoms in total. The zero-order chi connectivity index (χ0) is 22.5. The lowest BCUT2D eigenvalue weighted by molar-refractivity contribution is -0.135. The maximum atomic E-state index is 13.1. The van der Waals surface area contributed by atoms with Gasteiger partial charge in [0, 0.05) is 52.5 Å². The van der Waals surface area contributed by atoms with Gasteiger partial charge in [0.25, 0.3) is 5.91 Å². The minimum absolute atomic E-state index is 0.0494. The van der Waals surface area contributed by atoms with Crippen LogP contribution in [0.5, 0.6) is 0 Å². The van der Waals surface area contributed by atoms with E-state index in [4.69, 9.17) is 0 Å². The SMILES string of the molecule is Cc1nc([C@@H]2CCCCN2C(=O)CCN(C)c2ccc(F)cc2)ncc1C(=O)N(C)C. The highest BCUT2D eigenvalue weighted by atomic mass is 19.1. The first-order valence-corrected chi connectivity index (χ1v) is 10.6. The van der Waals surface area contributed by atoms with Crippen molar-refractivity contribution in [1.82, 2.24) is 19.8 Å². The predicted octanol–water partition coefficient (Wildman–Crippen LogP) is 3.21. The number of anilines is 1. The van der Waals surface area contributed by atoms with E-state index < -0.39 is 0 Å². The molecule has 0 saturated carbocycles. The van der Waals surface area contributed by atoms with Gasteiger partial charge in [-0.3, -0.25) is 9.59 Å². The molecule has 2 aromatic rings. The molecule has 8 heteroatoms. The van der Waals surface area contributed by atoms with Crippen LogP contribution in [0.2, 0.25) is 0 Å². The molecule has 0 unspecified atom stereocenters. The highest BCUT2D eigenvalue weighted by Gasteiger charge is 2.30. The molecule has 2 heterocycles. The summed E-state index contributed by atoms with van der Waals surface area (Å²) in [5.41, 5.74) is 1.96. The fourth-order valence-electron chi connectivity index (χ4n) is 3.83. The molecular formula is C23H30FN5O2. The third-order valence-corrected chi connectivity index (χ3v) is 5.68. The number of halogens is 1. The molecule has 0 spiro atoms. The third kappa shape index (κ3) is 5.37. The molecule has 1 atom stereocenters. The van der Waals surface area contributed by atoms with Crippen LogP contribution in [0.25, 0.3) is 0 Å². The molecule has 0 N–H and O–H groups in total. The molecule has 1 aliphatic rings. The minimum atomic E-state index is -0.280. The van der Waals surface area contributed by atoms with Crippen LogP contribution in [0.3, 0.4) is 0 Å². The number of amides is 2. The third-order valence-electron chi connectivity index (χ3n) is 5.68. The average Bonchev–Trinajstić information content (AvgIpc) is 2.77. The summed E-state index contributed by atoms with van der Waals surface area (Å²) >= 11 is 0. The number of nitrogens with zero attached hydrogens (tertiary/aromatic N) is 5. The molecular weight excluding hydrogens is 397 g/mol. The van der Waals surface area contributed by atoms with E-state index in [1.165, 1.54) is 17.0 Å². The van der Waals surface area contributed by atoms with E-state index in [0.717, 1.165) is 24.9 Å². The topological polar surface area (TPSA) is 69.6 Å². The van der Waals surface area contributed by atoms with Gasteiger partial charge in [-0.1, -0.05) is 0 Å². The molecule has 0 aliphatic carbocycles. The largest absolute Gasteiger partial charge is 0.374 e. The number of benzene rings is 1. The second-order valence-electron chi connectivity index (χ2n) is 8.17. The van der Waals surface area contributed by atoms with Crippen molar-refractivity contribution in [2.75, 3.05) is 39.1 Å². The van der Waals surface area contributed by atoms with Crippen molar-refractivity contribution in [3.63, 3.8) is 0 Å². The maximum Gasteiger partial charge on any atom is 0.256 e. The molecule has 2 amide bonds. The predicted molar refractivity (Wildman–Crippen MR) is 117 cm³/mol. The van der Waals surface area contributed by atoms with Crippen LogP contribution in [-0.2, 0) is 4.79 Å². The summed E-state index contributed by atoms with van der Waals surface area (Å²) in [6.07, 6.45) is 4.68. The van der Waals surface area contributed by atoms with Gasteiger partial charge in [0.1, 0.15) is 5.82 Å². The number of carbonyl (C=O) groups is 2. The van der Waals surface area contributed by atoms with Gasteiger partial charge in [0.15, 0.2) is 5.82 Å². The van der Waals surface area contributed by atoms with Gasteiger partial charge >= 0.3 is 0 Å². The van der Waals surface area contributed by atoms with Crippen LogP contribution < -0.4 is 4.90 Å². The van der Waals surface area contributed by atoms with Gasteiger partial charge in [-0.05, 0) is 50.5 Å². The van der Waals surface area contributed by atoms with Crippen LogP contribution in [0, 0.1) is 12.7 Å². The fourth-order valence-corrected chi connectivity index (χ4v) is 3.83. The quantitative estimate of drug-likeness (QED) is 0.708. The first kappa shape index (κ1) is 22.7. The van der Waals surface area contributed by atoms with Crippen LogP contribution in [0.4, 0.5) is 10.1 Å². The molecule has 1 aliphatic heterocycles. The van der Waals surface area contributed by atoms with Crippen molar-refractivity contribution in [3.8, 4) is 0 Å². The molecule has 1 saturated heterocycles. The number of hydrogen-bond acceptors (Lipinski definition) is 5. The van der Waals surface area contributed by atoms with Gasteiger partial charge < -0.3 is 14.7 Å². The molecule has 0 bridgehead atoms. The molecule has 1 aromatic heterocycles. The van der Waals surface area contributed by atoms with Gasteiger partial charge in [-0.15, -0.1) is 0 Å². The van der Waals surface area contributed by atoms with Crippen molar-refractivity contribution in [1.29, 1.82) is 0 Å². The molecule has 31 heavy (non-hydrogen) atoms. The maximum absolute atomic E-state index is 13.1. The second-order valence-corrected chi connectivity index (χ2v) is 8.17. The Bertz CT molecular complexity index is 932. The zero-order valence-corrected chi connectivity index (χ0v) is 18.6. The Hall–Kier alpha value is -3.03. The van der Waals surface area contributed by atoms with Gasteiger partial charge in [-0.2, -0.15) is 0 Å². The number of hydrogen-bond donors (Lipinski definition) is 0. The van der Waals surface area contributed by atoms with E-state index in [2.05, 4.69) is 9.97 Å². The van der Waals surface area contributed by atoms with Gasteiger partial charge in [0.2, 0.25) is 5.91 Å². The van der Waals surface area contributed by atoms with E-state index in [1.807, 2.05) is 16.8 Å². The van der Waals surface area contributed by atoms with Crippen LogP contribution in [-0.4, -0.2) is 65.8 Å². The smallest absolute Gasteiger partial charge is 0.256 e. The van der Waals surface area contributed by atoms with Crippen molar-refractivity contribution in [2.24, 2.45) is 0 Å². The number of likely N-dealkylation sites (tertiary alicyclic amines) is 1. The highest BCUT2D eigenvalue weighted by Crippen LogP contribution is 2.30. The van der Waals surface area contributed by atoms with Crippen molar-refractivity contribution >= 4 is 17.5 Å². The average molecular weight is 428 g/mol. The number of rotatable bonds is 6. The second kappa shape index (κ2) is 9.85. The van der Waals surface area contributed by atoms with Crippen molar-refractivity contribution in [2.45, 2.75) is 38.6 Å². The lowest BCUT2D eigenvalue weighted by atomic mass is 10.0. The monoisotopic (exact) mass is 427 g/mol. The van der Waals surface area contributed by atoms with E-state index in [0.29, 0.717) is 36.6 Å². The van der Waals surface area contributed by atoms with Crippen molar-refractivity contribution in [3.05, 3.63) is 53.4 Å². The molecule has 166 valence electrons. The van der Waals surface area contributed by atoms with E-state index >= 15 is 0 Å². The Labute approximate surface area is 182 Å². The molecule has 1 aromatic carbocycles. The summed E-state index contributed by atoms with van der Waals surface area (Å²) in [5.74, 6) is 0.226. The standard InChI is InChI=1S/C23H30FN5O2/c1-16-19(23(31)27(2)3)15-25-22(26-16)20-7-5-6-13-29(20)21(30)12-14-28(4)18-10-8-17(24)9-11-18/h8-11,15,20H,5-7,12-14H2,1-4H3/t20-/m0/s1.